The number of ether oxygens (including phenoxy) is 8. The number of methoxy groups -OCH3 is 2. The van der Waals surface area contributed by atoms with Crippen LogP contribution in [-0.2, 0) is 28.5 Å². The third-order valence-corrected chi connectivity index (χ3v) is 3.59. The standard InChI is InChI=1S/C20H33NO9/c1-4-29-19(22)15-28-10-9-26-6-5-25-7-8-27-11-12-30-18-14-16(21)13-17(23-2)20(18)24-3/h13-14H,4-12,15,21H2,1-3H3. The van der Waals surface area contributed by atoms with Gasteiger partial charge < -0.3 is 43.6 Å². The zero-order chi connectivity index (χ0) is 22.0. The van der Waals surface area contributed by atoms with Crippen molar-refractivity contribution in [2.45, 2.75) is 6.92 Å². The molecule has 0 radical (unpaired) electrons. The van der Waals surface area contributed by atoms with Gasteiger partial charge in [0.1, 0.15) is 13.2 Å². The maximum Gasteiger partial charge on any atom is 0.332 e. The van der Waals surface area contributed by atoms with Crippen LogP contribution < -0.4 is 19.9 Å². The number of carbonyl (C=O) groups excluding carboxylic acids is 1. The maximum absolute atomic E-state index is 11.0. The fourth-order valence-electron chi connectivity index (χ4n) is 2.29. The van der Waals surface area contributed by atoms with Crippen molar-refractivity contribution >= 4 is 11.7 Å². The van der Waals surface area contributed by atoms with Crippen molar-refractivity contribution in [3.63, 3.8) is 0 Å². The van der Waals surface area contributed by atoms with Gasteiger partial charge in [0.2, 0.25) is 5.75 Å². The van der Waals surface area contributed by atoms with E-state index in [0.717, 1.165) is 0 Å². The van der Waals surface area contributed by atoms with E-state index in [2.05, 4.69) is 0 Å². The minimum absolute atomic E-state index is 0.0628. The van der Waals surface area contributed by atoms with Gasteiger partial charge in [-0.05, 0) is 6.92 Å². The van der Waals surface area contributed by atoms with E-state index in [1.807, 2.05) is 0 Å². The summed E-state index contributed by atoms with van der Waals surface area (Å²) in [5, 5.41) is 0. The lowest BCUT2D eigenvalue weighted by molar-refractivity contribution is -0.149. The molecule has 1 aromatic carbocycles. The van der Waals surface area contributed by atoms with Crippen LogP contribution in [0.3, 0.4) is 0 Å². The molecule has 2 N–H and O–H groups in total. The van der Waals surface area contributed by atoms with Gasteiger partial charge in [0, 0.05) is 17.8 Å². The molecule has 10 heteroatoms. The second kappa shape index (κ2) is 16.5. The van der Waals surface area contributed by atoms with Crippen LogP contribution in [0.5, 0.6) is 17.2 Å². The van der Waals surface area contributed by atoms with Gasteiger partial charge in [-0.1, -0.05) is 0 Å². The van der Waals surface area contributed by atoms with Gasteiger partial charge >= 0.3 is 5.97 Å². The Morgan fingerprint density at radius 3 is 1.87 bits per heavy atom. The van der Waals surface area contributed by atoms with Gasteiger partial charge in [0.15, 0.2) is 11.5 Å². The van der Waals surface area contributed by atoms with Crippen molar-refractivity contribution in [3.05, 3.63) is 12.1 Å². The molecule has 10 nitrogen and oxygen atoms in total. The highest BCUT2D eigenvalue weighted by Crippen LogP contribution is 2.39. The Balaban J connectivity index is 1.97. The second-order valence-electron chi connectivity index (χ2n) is 5.80. The number of rotatable bonds is 18. The van der Waals surface area contributed by atoms with E-state index in [1.165, 1.54) is 14.2 Å². The maximum atomic E-state index is 11.0. The van der Waals surface area contributed by atoms with Crippen molar-refractivity contribution in [1.29, 1.82) is 0 Å². The van der Waals surface area contributed by atoms with E-state index in [4.69, 9.17) is 43.6 Å². The number of anilines is 1. The largest absolute Gasteiger partial charge is 0.493 e. The molecular weight excluding hydrogens is 398 g/mol. The SMILES string of the molecule is CCOC(=O)COCCOCCOCCOCCOc1cc(N)cc(OC)c1OC. The van der Waals surface area contributed by atoms with Crippen LogP contribution in [0, 0.1) is 0 Å². The van der Waals surface area contributed by atoms with Crippen molar-refractivity contribution in [2.24, 2.45) is 0 Å². The first-order valence-electron chi connectivity index (χ1n) is 9.73. The summed E-state index contributed by atoms with van der Waals surface area (Å²) >= 11 is 0. The van der Waals surface area contributed by atoms with Crippen LogP contribution >= 0.6 is 0 Å². The third-order valence-electron chi connectivity index (χ3n) is 3.59. The highest BCUT2D eigenvalue weighted by Gasteiger charge is 2.12. The van der Waals surface area contributed by atoms with E-state index in [9.17, 15) is 4.79 Å². The number of nitrogens with two attached hydrogens (primary N) is 1. The first-order valence-corrected chi connectivity index (χ1v) is 9.73. The predicted octanol–water partition coefficient (Wildman–Crippen LogP) is 1.29. The molecule has 30 heavy (non-hydrogen) atoms. The highest BCUT2D eigenvalue weighted by atomic mass is 16.6. The van der Waals surface area contributed by atoms with E-state index in [0.29, 0.717) is 82.4 Å². The lowest BCUT2D eigenvalue weighted by Gasteiger charge is -2.14. The quantitative estimate of drug-likeness (QED) is 0.207. The predicted molar refractivity (Wildman–Crippen MR) is 109 cm³/mol. The summed E-state index contributed by atoms with van der Waals surface area (Å²) in [5.74, 6) is 1.12. The topological polar surface area (TPSA) is 117 Å². The molecule has 0 aliphatic carbocycles. The van der Waals surface area contributed by atoms with Crippen LogP contribution in [0.4, 0.5) is 5.69 Å². The highest BCUT2D eigenvalue weighted by molar-refractivity contribution is 5.70. The second-order valence-corrected chi connectivity index (χ2v) is 5.80. The fourth-order valence-corrected chi connectivity index (χ4v) is 2.29. The molecule has 1 aromatic rings. The lowest BCUT2D eigenvalue weighted by atomic mass is 10.2. The molecule has 0 fully saturated rings. The minimum Gasteiger partial charge on any atom is -0.493 e. The molecule has 0 saturated heterocycles. The normalized spacial score (nSPS) is 10.6. The summed E-state index contributed by atoms with van der Waals surface area (Å²) in [6, 6.07) is 3.34. The van der Waals surface area contributed by atoms with Crippen LogP contribution in [0.1, 0.15) is 6.92 Å². The van der Waals surface area contributed by atoms with Crippen molar-refractivity contribution in [3.8, 4) is 17.2 Å². The Morgan fingerprint density at radius 2 is 1.33 bits per heavy atom. The van der Waals surface area contributed by atoms with Gasteiger partial charge in [0.25, 0.3) is 0 Å². The molecule has 0 unspecified atom stereocenters. The molecule has 0 saturated carbocycles. The molecule has 0 amide bonds. The van der Waals surface area contributed by atoms with Crippen LogP contribution in [-0.4, -0.2) is 86.3 Å². The summed E-state index contributed by atoms with van der Waals surface area (Å²) < 4.78 is 42.2. The number of hydrogen-bond acceptors (Lipinski definition) is 10. The number of hydrogen-bond donors (Lipinski definition) is 1. The first-order chi connectivity index (χ1) is 14.6. The number of benzene rings is 1. The third kappa shape index (κ3) is 11.1. The van der Waals surface area contributed by atoms with E-state index in [1.54, 1.807) is 19.1 Å². The Hall–Kier alpha value is -2.27. The first kappa shape index (κ1) is 25.8. The van der Waals surface area contributed by atoms with Crippen LogP contribution in [0.2, 0.25) is 0 Å². The number of carbonyl (C=O) groups is 1. The molecular formula is C20H33NO9. The van der Waals surface area contributed by atoms with Gasteiger partial charge in [-0.3, -0.25) is 0 Å². The van der Waals surface area contributed by atoms with Crippen molar-refractivity contribution < 1.29 is 42.7 Å². The molecule has 0 aliphatic heterocycles. The zero-order valence-corrected chi connectivity index (χ0v) is 18.0. The summed E-state index contributed by atoms with van der Waals surface area (Å²) in [6.45, 7) is 5.21. The Kier molecular flexibility index (Phi) is 14.2. The Morgan fingerprint density at radius 1 is 0.800 bits per heavy atom. The van der Waals surface area contributed by atoms with Crippen LogP contribution in [0.25, 0.3) is 0 Å². The summed E-state index contributed by atoms with van der Waals surface area (Å²) in [6.07, 6.45) is 0. The monoisotopic (exact) mass is 431 g/mol. The minimum atomic E-state index is -0.377. The molecule has 0 aromatic heterocycles. The lowest BCUT2D eigenvalue weighted by Crippen LogP contribution is -2.16. The van der Waals surface area contributed by atoms with E-state index < -0.39 is 0 Å². The van der Waals surface area contributed by atoms with E-state index >= 15 is 0 Å². The van der Waals surface area contributed by atoms with Gasteiger partial charge in [-0.2, -0.15) is 0 Å². The van der Waals surface area contributed by atoms with Crippen molar-refractivity contribution in [2.75, 3.05) is 86.0 Å². The fraction of sp³-hybridized carbons (Fsp3) is 0.650. The summed E-state index contributed by atoms with van der Waals surface area (Å²) in [5.41, 5.74) is 6.34. The number of nitrogen functional groups attached to an aromatic ring is 1. The Labute approximate surface area is 177 Å². The van der Waals surface area contributed by atoms with Gasteiger partial charge in [-0.15, -0.1) is 0 Å². The average Bonchev–Trinajstić information content (AvgIpc) is 2.73. The molecule has 0 spiro atoms. The van der Waals surface area contributed by atoms with Gasteiger partial charge in [0.05, 0.1) is 67.1 Å². The molecule has 0 atom stereocenters. The molecule has 172 valence electrons. The van der Waals surface area contributed by atoms with Crippen LogP contribution in [0.15, 0.2) is 12.1 Å². The average molecular weight is 431 g/mol. The molecule has 0 aliphatic rings. The molecule has 0 heterocycles. The van der Waals surface area contributed by atoms with Gasteiger partial charge in [-0.25, -0.2) is 4.79 Å². The summed E-state index contributed by atoms with van der Waals surface area (Å²) in [7, 11) is 3.07. The molecule has 1 rings (SSSR count). The Bertz CT molecular complexity index is 598. The number of esters is 1. The van der Waals surface area contributed by atoms with E-state index in [-0.39, 0.29) is 12.6 Å². The smallest absolute Gasteiger partial charge is 0.332 e. The molecule has 0 bridgehead atoms. The zero-order valence-electron chi connectivity index (χ0n) is 18.0. The summed E-state index contributed by atoms with van der Waals surface area (Å²) in [4.78, 5) is 11.0. The van der Waals surface area contributed by atoms with Crippen molar-refractivity contribution in [1.82, 2.24) is 0 Å².